The van der Waals surface area contributed by atoms with Crippen LogP contribution in [0, 0.1) is 0 Å². The molecular weight excluding hydrogens is 398 g/mol. The van der Waals surface area contributed by atoms with E-state index in [0.717, 1.165) is 11.1 Å². The Balaban J connectivity index is 1.73. The molecule has 0 aliphatic carbocycles. The molecule has 2 aromatic carbocycles. The molecule has 0 aromatic heterocycles. The van der Waals surface area contributed by atoms with Crippen LogP contribution in [0.1, 0.15) is 24.0 Å². The Morgan fingerprint density at radius 3 is 2.32 bits per heavy atom. The summed E-state index contributed by atoms with van der Waals surface area (Å²) in [6, 6.07) is 12.9. The maximum absolute atomic E-state index is 13.2. The molecule has 0 saturated carbocycles. The SMILES string of the molecule is NC(Cc1ccc(O)cc1)C(=O)NC(Cc1ccccc1)C(=O)N1CCCC1C(=O)O. The minimum absolute atomic E-state index is 0.119. The van der Waals surface area contributed by atoms with Crippen LogP contribution in [0.3, 0.4) is 0 Å². The second-order valence-electron chi connectivity index (χ2n) is 7.76. The maximum atomic E-state index is 13.2. The fourth-order valence-corrected chi connectivity index (χ4v) is 3.79. The van der Waals surface area contributed by atoms with Crippen molar-refractivity contribution in [1.82, 2.24) is 10.2 Å². The summed E-state index contributed by atoms with van der Waals surface area (Å²) in [6.45, 7) is 0.344. The molecule has 3 unspecified atom stereocenters. The summed E-state index contributed by atoms with van der Waals surface area (Å²) in [7, 11) is 0. The number of nitrogens with one attached hydrogen (secondary N) is 1. The largest absolute Gasteiger partial charge is 0.508 e. The van der Waals surface area contributed by atoms with Gasteiger partial charge in [0.05, 0.1) is 6.04 Å². The topological polar surface area (TPSA) is 133 Å². The van der Waals surface area contributed by atoms with Gasteiger partial charge < -0.3 is 26.2 Å². The van der Waals surface area contributed by atoms with E-state index in [0.29, 0.717) is 19.4 Å². The molecule has 8 nitrogen and oxygen atoms in total. The average molecular weight is 425 g/mol. The number of carbonyl (C=O) groups is 3. The van der Waals surface area contributed by atoms with Crippen molar-refractivity contribution in [2.24, 2.45) is 5.73 Å². The third kappa shape index (κ3) is 5.82. The third-order valence-corrected chi connectivity index (χ3v) is 5.45. The molecule has 5 N–H and O–H groups in total. The highest BCUT2D eigenvalue weighted by Crippen LogP contribution is 2.20. The van der Waals surface area contributed by atoms with Gasteiger partial charge in [0.15, 0.2) is 0 Å². The van der Waals surface area contributed by atoms with Crippen LogP contribution < -0.4 is 11.1 Å². The summed E-state index contributed by atoms with van der Waals surface area (Å²) in [5.41, 5.74) is 7.69. The van der Waals surface area contributed by atoms with Crippen LogP contribution in [0.15, 0.2) is 54.6 Å². The van der Waals surface area contributed by atoms with Crippen molar-refractivity contribution in [3.8, 4) is 5.75 Å². The highest BCUT2D eigenvalue weighted by atomic mass is 16.4. The zero-order valence-electron chi connectivity index (χ0n) is 17.1. The molecule has 2 aromatic rings. The number of aromatic hydroxyl groups is 1. The molecule has 31 heavy (non-hydrogen) atoms. The zero-order chi connectivity index (χ0) is 22.4. The molecule has 8 heteroatoms. The zero-order valence-corrected chi connectivity index (χ0v) is 17.1. The fourth-order valence-electron chi connectivity index (χ4n) is 3.79. The molecule has 1 heterocycles. The van der Waals surface area contributed by atoms with Gasteiger partial charge in [0.1, 0.15) is 17.8 Å². The second kappa shape index (κ2) is 10.1. The van der Waals surface area contributed by atoms with E-state index >= 15 is 0 Å². The molecule has 3 atom stereocenters. The number of carboxylic acids is 1. The quantitative estimate of drug-likeness (QED) is 0.500. The molecule has 0 bridgehead atoms. The Labute approximate surface area is 180 Å². The molecule has 3 rings (SSSR count). The molecule has 0 spiro atoms. The first-order chi connectivity index (χ1) is 14.8. The number of phenols is 1. The monoisotopic (exact) mass is 425 g/mol. The number of nitrogens with two attached hydrogens (primary N) is 1. The van der Waals surface area contributed by atoms with Gasteiger partial charge in [-0.3, -0.25) is 9.59 Å². The number of likely N-dealkylation sites (tertiary alicyclic amines) is 1. The predicted octanol–water partition coefficient (Wildman–Crippen LogP) is 1.07. The fraction of sp³-hybridized carbons (Fsp3) is 0.348. The summed E-state index contributed by atoms with van der Waals surface area (Å²) < 4.78 is 0. The summed E-state index contributed by atoms with van der Waals surface area (Å²) in [5, 5.41) is 21.6. The van der Waals surface area contributed by atoms with Crippen LogP contribution in [0.5, 0.6) is 5.75 Å². The summed E-state index contributed by atoms with van der Waals surface area (Å²) in [5.74, 6) is -1.83. The Morgan fingerprint density at radius 2 is 1.68 bits per heavy atom. The first-order valence-corrected chi connectivity index (χ1v) is 10.3. The van der Waals surface area contributed by atoms with Crippen LogP contribution in [0.2, 0.25) is 0 Å². The highest BCUT2D eigenvalue weighted by molar-refractivity contribution is 5.92. The predicted molar refractivity (Wildman–Crippen MR) is 114 cm³/mol. The standard InChI is InChI=1S/C23H27N3O5/c24-18(13-16-8-10-17(27)11-9-16)21(28)25-19(14-15-5-2-1-3-6-15)22(29)26-12-4-7-20(26)23(30)31/h1-3,5-6,8-11,18-20,27H,4,7,12-14,24H2,(H,25,28)(H,30,31). The van der Waals surface area contributed by atoms with Crippen LogP contribution >= 0.6 is 0 Å². The highest BCUT2D eigenvalue weighted by Gasteiger charge is 2.38. The minimum atomic E-state index is -1.04. The Bertz CT molecular complexity index is 917. The molecule has 2 amide bonds. The number of nitrogens with zero attached hydrogens (tertiary/aromatic N) is 1. The van der Waals surface area contributed by atoms with Gasteiger partial charge in [-0.25, -0.2) is 4.79 Å². The van der Waals surface area contributed by atoms with Crippen LogP contribution in [0.4, 0.5) is 0 Å². The van der Waals surface area contributed by atoms with Crippen molar-refractivity contribution in [3.63, 3.8) is 0 Å². The van der Waals surface area contributed by atoms with E-state index in [4.69, 9.17) is 5.73 Å². The number of amides is 2. The van der Waals surface area contributed by atoms with Gasteiger partial charge in [-0.2, -0.15) is 0 Å². The number of rotatable bonds is 8. The first kappa shape index (κ1) is 22.3. The lowest BCUT2D eigenvalue weighted by atomic mass is 10.0. The van der Waals surface area contributed by atoms with Gasteiger partial charge >= 0.3 is 5.97 Å². The van der Waals surface area contributed by atoms with Crippen molar-refractivity contribution in [1.29, 1.82) is 0 Å². The second-order valence-corrected chi connectivity index (χ2v) is 7.76. The lowest BCUT2D eigenvalue weighted by molar-refractivity contribution is -0.149. The van der Waals surface area contributed by atoms with Gasteiger partial charge in [0.2, 0.25) is 11.8 Å². The Morgan fingerprint density at radius 1 is 1.03 bits per heavy atom. The van der Waals surface area contributed by atoms with Crippen molar-refractivity contribution < 1.29 is 24.6 Å². The van der Waals surface area contributed by atoms with E-state index in [2.05, 4.69) is 5.32 Å². The van der Waals surface area contributed by atoms with Crippen molar-refractivity contribution in [2.45, 2.75) is 43.8 Å². The smallest absolute Gasteiger partial charge is 0.326 e. The summed E-state index contributed by atoms with van der Waals surface area (Å²) >= 11 is 0. The normalized spacial score (nSPS) is 17.7. The lowest BCUT2D eigenvalue weighted by Crippen LogP contribution is -2.55. The van der Waals surface area contributed by atoms with Gasteiger partial charge in [0, 0.05) is 13.0 Å². The molecule has 1 saturated heterocycles. The summed E-state index contributed by atoms with van der Waals surface area (Å²) in [4.78, 5) is 38.8. The van der Waals surface area contributed by atoms with Crippen molar-refractivity contribution in [2.75, 3.05) is 6.54 Å². The number of carboxylic acid groups (broad SMARTS) is 1. The number of phenolic OH excluding ortho intramolecular Hbond substituents is 1. The van der Waals surface area contributed by atoms with E-state index in [1.54, 1.807) is 12.1 Å². The molecular formula is C23H27N3O5. The molecule has 1 aliphatic rings. The van der Waals surface area contributed by atoms with Crippen molar-refractivity contribution in [3.05, 3.63) is 65.7 Å². The maximum Gasteiger partial charge on any atom is 0.326 e. The number of aliphatic carboxylic acids is 1. The van der Waals surface area contributed by atoms with Gasteiger partial charge in [-0.1, -0.05) is 42.5 Å². The molecule has 0 radical (unpaired) electrons. The van der Waals surface area contributed by atoms with E-state index in [1.807, 2.05) is 30.3 Å². The third-order valence-electron chi connectivity index (χ3n) is 5.45. The van der Waals surface area contributed by atoms with E-state index in [-0.39, 0.29) is 18.6 Å². The van der Waals surface area contributed by atoms with Gasteiger partial charge in [0.25, 0.3) is 0 Å². The van der Waals surface area contributed by atoms with Crippen LogP contribution in [-0.4, -0.2) is 57.6 Å². The van der Waals surface area contributed by atoms with Crippen molar-refractivity contribution >= 4 is 17.8 Å². The number of hydrogen-bond acceptors (Lipinski definition) is 5. The van der Waals surface area contributed by atoms with E-state index in [1.165, 1.54) is 17.0 Å². The number of hydrogen-bond donors (Lipinski definition) is 4. The Hall–Kier alpha value is -3.39. The minimum Gasteiger partial charge on any atom is -0.508 e. The van der Waals surface area contributed by atoms with E-state index in [9.17, 15) is 24.6 Å². The molecule has 164 valence electrons. The first-order valence-electron chi connectivity index (χ1n) is 10.3. The van der Waals surface area contributed by atoms with Crippen LogP contribution in [0.25, 0.3) is 0 Å². The lowest BCUT2D eigenvalue weighted by Gasteiger charge is -2.28. The van der Waals surface area contributed by atoms with E-state index < -0.39 is 35.9 Å². The van der Waals surface area contributed by atoms with Gasteiger partial charge in [-0.05, 0) is 42.5 Å². The molecule has 1 aliphatic heterocycles. The number of benzene rings is 2. The van der Waals surface area contributed by atoms with Crippen LogP contribution in [-0.2, 0) is 27.2 Å². The number of carbonyl (C=O) groups excluding carboxylic acids is 2. The molecule has 1 fully saturated rings. The Kier molecular flexibility index (Phi) is 7.25. The van der Waals surface area contributed by atoms with Gasteiger partial charge in [-0.15, -0.1) is 0 Å². The average Bonchev–Trinajstić information content (AvgIpc) is 3.25. The summed E-state index contributed by atoms with van der Waals surface area (Å²) in [6.07, 6.45) is 1.47.